The van der Waals surface area contributed by atoms with Crippen LogP contribution in [0.3, 0.4) is 0 Å². The molecule has 0 unspecified atom stereocenters. The Morgan fingerprint density at radius 1 is 0.739 bits per heavy atom. The van der Waals surface area contributed by atoms with Gasteiger partial charge in [-0.1, -0.05) is 12.1 Å². The van der Waals surface area contributed by atoms with Gasteiger partial charge in [0.25, 0.3) is 10.0 Å². The summed E-state index contributed by atoms with van der Waals surface area (Å²) in [4.78, 5) is 0.402. The summed E-state index contributed by atoms with van der Waals surface area (Å²) in [6.07, 6.45) is 0. The summed E-state index contributed by atoms with van der Waals surface area (Å²) in [7, 11) is -3.63. The van der Waals surface area contributed by atoms with Crippen LogP contribution in [0.15, 0.2) is 23.1 Å². The zero-order valence-corrected chi connectivity index (χ0v) is 15.8. The van der Waals surface area contributed by atoms with Crippen molar-refractivity contribution < 1.29 is 8.42 Å². The van der Waals surface area contributed by atoms with Crippen molar-refractivity contribution in [1.82, 2.24) is 0 Å². The topological polar surface area (TPSA) is 46.2 Å². The number of aryl methyl sites for hydroxylation is 2. The molecular formula is C19H25NO2S. The molecular weight excluding hydrogens is 306 g/mol. The van der Waals surface area contributed by atoms with Gasteiger partial charge in [-0.05, 0) is 93.5 Å². The molecule has 0 fully saturated rings. The molecule has 0 aliphatic carbocycles. The molecule has 0 spiro atoms. The summed E-state index contributed by atoms with van der Waals surface area (Å²) in [5.41, 5.74) is 7.45. The molecule has 4 heteroatoms. The predicted molar refractivity (Wildman–Crippen MR) is 96.9 cm³/mol. The molecule has 0 amide bonds. The molecule has 0 aliphatic heterocycles. The molecule has 0 atom stereocenters. The van der Waals surface area contributed by atoms with E-state index in [9.17, 15) is 8.42 Å². The van der Waals surface area contributed by atoms with E-state index in [1.807, 2.05) is 66.7 Å². The fourth-order valence-corrected chi connectivity index (χ4v) is 4.63. The number of anilines is 1. The van der Waals surface area contributed by atoms with E-state index in [-0.39, 0.29) is 0 Å². The van der Waals surface area contributed by atoms with E-state index < -0.39 is 10.0 Å². The van der Waals surface area contributed by atoms with Gasteiger partial charge in [0.2, 0.25) is 0 Å². The number of sulfonamides is 1. The lowest BCUT2D eigenvalue weighted by Crippen LogP contribution is -2.18. The Morgan fingerprint density at radius 2 is 1.22 bits per heavy atom. The summed E-state index contributed by atoms with van der Waals surface area (Å²) in [5.74, 6) is 0. The fourth-order valence-electron chi connectivity index (χ4n) is 2.91. The number of benzene rings is 2. The Bertz CT molecular complexity index is 852. The number of nitrogens with one attached hydrogen (secondary N) is 1. The Kier molecular flexibility index (Phi) is 4.58. The highest BCUT2D eigenvalue weighted by atomic mass is 32.2. The van der Waals surface area contributed by atoms with Crippen molar-refractivity contribution >= 4 is 15.7 Å². The monoisotopic (exact) mass is 331 g/mol. The minimum atomic E-state index is -3.63. The predicted octanol–water partition coefficient (Wildman–Crippen LogP) is 4.65. The van der Waals surface area contributed by atoms with Crippen LogP contribution in [0.2, 0.25) is 0 Å². The molecule has 0 aromatic heterocycles. The third kappa shape index (κ3) is 3.13. The van der Waals surface area contributed by atoms with Crippen LogP contribution < -0.4 is 4.72 Å². The van der Waals surface area contributed by atoms with Crippen LogP contribution in [-0.4, -0.2) is 8.42 Å². The molecule has 0 bridgehead atoms. The Labute approximate surface area is 139 Å². The first-order chi connectivity index (χ1) is 10.6. The van der Waals surface area contributed by atoms with Crippen molar-refractivity contribution in [1.29, 1.82) is 0 Å². The van der Waals surface area contributed by atoms with Crippen LogP contribution >= 0.6 is 0 Å². The standard InChI is InChI=1S/C19H25NO2S/c1-11-8-9-12(2)18(10-11)20-23(21,22)19-16(6)14(4)13(3)15(5)17(19)7/h8-10,20H,1-7H3. The first-order valence-electron chi connectivity index (χ1n) is 7.73. The second-order valence-electron chi connectivity index (χ2n) is 6.38. The van der Waals surface area contributed by atoms with Gasteiger partial charge in [0, 0.05) is 0 Å². The SMILES string of the molecule is Cc1ccc(C)c(NS(=O)(=O)c2c(C)c(C)c(C)c(C)c2C)c1. The summed E-state index contributed by atoms with van der Waals surface area (Å²) < 4.78 is 28.8. The number of hydrogen-bond donors (Lipinski definition) is 1. The molecule has 23 heavy (non-hydrogen) atoms. The Hall–Kier alpha value is -1.81. The molecule has 2 aromatic carbocycles. The highest BCUT2D eigenvalue weighted by Gasteiger charge is 2.24. The maximum Gasteiger partial charge on any atom is 0.262 e. The van der Waals surface area contributed by atoms with E-state index in [0.717, 1.165) is 38.9 Å². The van der Waals surface area contributed by atoms with Gasteiger partial charge >= 0.3 is 0 Å². The minimum Gasteiger partial charge on any atom is -0.279 e. The first kappa shape index (κ1) is 17.5. The quantitative estimate of drug-likeness (QED) is 0.890. The van der Waals surface area contributed by atoms with Crippen LogP contribution in [0, 0.1) is 48.5 Å². The molecule has 2 rings (SSSR count). The maximum absolute atomic E-state index is 13.0. The van der Waals surface area contributed by atoms with Gasteiger partial charge in [-0.15, -0.1) is 0 Å². The van der Waals surface area contributed by atoms with Gasteiger partial charge < -0.3 is 0 Å². The number of rotatable bonds is 3. The maximum atomic E-state index is 13.0. The van der Waals surface area contributed by atoms with Crippen molar-refractivity contribution in [2.75, 3.05) is 4.72 Å². The van der Waals surface area contributed by atoms with Gasteiger partial charge in [-0.25, -0.2) is 8.42 Å². The van der Waals surface area contributed by atoms with Crippen molar-refractivity contribution in [2.24, 2.45) is 0 Å². The molecule has 0 saturated carbocycles. The van der Waals surface area contributed by atoms with Gasteiger partial charge in [0.1, 0.15) is 0 Å². The van der Waals surface area contributed by atoms with Crippen LogP contribution in [0.5, 0.6) is 0 Å². The van der Waals surface area contributed by atoms with Crippen molar-refractivity contribution in [3.63, 3.8) is 0 Å². The lowest BCUT2D eigenvalue weighted by Gasteiger charge is -2.20. The van der Waals surface area contributed by atoms with Crippen molar-refractivity contribution in [3.8, 4) is 0 Å². The van der Waals surface area contributed by atoms with E-state index in [1.54, 1.807) is 0 Å². The average Bonchev–Trinajstić information content (AvgIpc) is 2.46. The van der Waals surface area contributed by atoms with Crippen LogP contribution in [0.4, 0.5) is 5.69 Å². The molecule has 2 aromatic rings. The highest BCUT2D eigenvalue weighted by molar-refractivity contribution is 7.92. The average molecular weight is 331 g/mol. The van der Waals surface area contributed by atoms with E-state index in [1.165, 1.54) is 0 Å². The summed E-state index contributed by atoms with van der Waals surface area (Å²) in [5, 5.41) is 0. The van der Waals surface area contributed by atoms with E-state index >= 15 is 0 Å². The smallest absolute Gasteiger partial charge is 0.262 e. The van der Waals surface area contributed by atoms with Crippen LogP contribution in [0.1, 0.15) is 38.9 Å². The summed E-state index contributed by atoms with van der Waals surface area (Å²) in [6.45, 7) is 13.6. The largest absolute Gasteiger partial charge is 0.279 e. The molecule has 0 radical (unpaired) electrons. The molecule has 0 aliphatic rings. The van der Waals surface area contributed by atoms with Gasteiger partial charge in [-0.2, -0.15) is 0 Å². The zero-order chi connectivity index (χ0) is 17.5. The fraction of sp³-hybridized carbons (Fsp3) is 0.368. The first-order valence-corrected chi connectivity index (χ1v) is 9.21. The van der Waals surface area contributed by atoms with Crippen molar-refractivity contribution in [2.45, 2.75) is 53.4 Å². The van der Waals surface area contributed by atoms with Crippen LogP contribution in [-0.2, 0) is 10.0 Å². The molecule has 3 nitrogen and oxygen atoms in total. The zero-order valence-electron chi connectivity index (χ0n) is 15.0. The Morgan fingerprint density at radius 3 is 1.74 bits per heavy atom. The van der Waals surface area contributed by atoms with Gasteiger partial charge in [-0.3, -0.25) is 4.72 Å². The normalized spacial score (nSPS) is 11.6. The van der Waals surface area contributed by atoms with E-state index in [4.69, 9.17) is 0 Å². The third-order valence-corrected chi connectivity index (χ3v) is 6.48. The number of hydrogen-bond acceptors (Lipinski definition) is 2. The van der Waals surface area contributed by atoms with Crippen LogP contribution in [0.25, 0.3) is 0 Å². The van der Waals surface area contributed by atoms with Gasteiger partial charge in [0.05, 0.1) is 10.6 Å². The molecule has 0 heterocycles. The lowest BCUT2D eigenvalue weighted by atomic mass is 9.95. The summed E-state index contributed by atoms with van der Waals surface area (Å²) >= 11 is 0. The second kappa shape index (κ2) is 6.00. The van der Waals surface area contributed by atoms with Crippen molar-refractivity contribution in [3.05, 3.63) is 57.1 Å². The lowest BCUT2D eigenvalue weighted by molar-refractivity contribution is 0.599. The second-order valence-corrected chi connectivity index (χ2v) is 8.00. The van der Waals surface area contributed by atoms with E-state index in [0.29, 0.717) is 10.6 Å². The van der Waals surface area contributed by atoms with E-state index in [2.05, 4.69) is 4.72 Å². The highest BCUT2D eigenvalue weighted by Crippen LogP contribution is 2.31. The van der Waals surface area contributed by atoms with Gasteiger partial charge in [0.15, 0.2) is 0 Å². The molecule has 124 valence electrons. The molecule has 0 saturated heterocycles. The Balaban J connectivity index is 2.64. The third-order valence-electron chi connectivity index (χ3n) is 4.84. The molecule has 1 N–H and O–H groups in total. The minimum absolute atomic E-state index is 0.402. The summed E-state index contributed by atoms with van der Waals surface area (Å²) in [6, 6.07) is 5.77.